The average Bonchev–Trinajstić information content (AvgIpc) is 2.95. The predicted molar refractivity (Wildman–Crippen MR) is 157 cm³/mol. The lowest BCUT2D eigenvalue weighted by atomic mass is 9.84. The van der Waals surface area contributed by atoms with Crippen molar-refractivity contribution in [3.8, 4) is 0 Å². The highest BCUT2D eigenvalue weighted by Crippen LogP contribution is 2.34. The quantitative estimate of drug-likeness (QED) is 0.397. The van der Waals surface area contributed by atoms with Crippen LogP contribution in [-0.2, 0) is 34.0 Å². The molecule has 9 nitrogen and oxygen atoms in total. The lowest BCUT2D eigenvalue weighted by Crippen LogP contribution is -2.62. The van der Waals surface area contributed by atoms with E-state index in [2.05, 4.69) is 10.2 Å². The summed E-state index contributed by atoms with van der Waals surface area (Å²) in [7, 11) is -5.08. The van der Waals surface area contributed by atoms with Gasteiger partial charge in [-0.15, -0.1) is 0 Å². The molecule has 1 aliphatic carbocycles. The molecule has 1 fully saturated rings. The number of hydrogen-bond donors (Lipinski definition) is 2. The van der Waals surface area contributed by atoms with Gasteiger partial charge in [0.05, 0.1) is 22.9 Å². The number of fused-ring (bicyclic) bond motifs is 1. The number of nitrogens with one attached hydrogen (secondary N) is 2. The second-order valence-corrected chi connectivity index (χ2v) is 14.8. The van der Waals surface area contributed by atoms with Crippen LogP contribution in [0.4, 0.5) is 31.1 Å². The van der Waals surface area contributed by atoms with Gasteiger partial charge in [-0.3, -0.25) is 9.69 Å². The number of nitrogens with zero attached hydrogens (tertiary/aromatic N) is 2. The molecule has 2 aliphatic rings. The van der Waals surface area contributed by atoms with Crippen molar-refractivity contribution in [2.45, 2.75) is 88.4 Å². The van der Waals surface area contributed by atoms with E-state index in [1.165, 1.54) is 9.62 Å². The molecule has 1 aliphatic heterocycles. The zero-order chi connectivity index (χ0) is 34.9. The van der Waals surface area contributed by atoms with Gasteiger partial charge >= 0.3 is 12.4 Å². The first-order valence-corrected chi connectivity index (χ1v) is 16.5. The Balaban J connectivity index is 1.44. The van der Waals surface area contributed by atoms with Gasteiger partial charge in [0.1, 0.15) is 12.1 Å². The maximum Gasteiger partial charge on any atom is 0.416 e. The van der Waals surface area contributed by atoms with Crippen molar-refractivity contribution in [1.82, 2.24) is 19.8 Å². The van der Waals surface area contributed by atoms with Crippen molar-refractivity contribution in [3.05, 3.63) is 64.7 Å². The summed E-state index contributed by atoms with van der Waals surface area (Å²) in [4.78, 5) is 27.0. The molecule has 0 spiro atoms. The fourth-order valence-corrected chi connectivity index (χ4v) is 7.34. The van der Waals surface area contributed by atoms with Crippen LogP contribution in [0.25, 0.3) is 0 Å². The van der Waals surface area contributed by atoms with Crippen LogP contribution >= 0.6 is 0 Å². The van der Waals surface area contributed by atoms with Crippen molar-refractivity contribution in [1.29, 1.82) is 0 Å². The van der Waals surface area contributed by atoms with E-state index < -0.39 is 63.3 Å². The van der Waals surface area contributed by atoms with Gasteiger partial charge in [0.2, 0.25) is 15.9 Å². The van der Waals surface area contributed by atoms with E-state index >= 15 is 0 Å². The topological polar surface area (TPSA) is 122 Å². The van der Waals surface area contributed by atoms with Crippen LogP contribution in [0.5, 0.6) is 0 Å². The number of carbonyl (C=O) groups is 2. The first kappa shape index (κ1) is 36.5. The summed E-state index contributed by atoms with van der Waals surface area (Å²) in [5.41, 5.74) is 0.899. The zero-order valence-corrected chi connectivity index (χ0v) is 26.9. The molecule has 0 aromatic heterocycles. The van der Waals surface area contributed by atoms with Gasteiger partial charge in [-0.1, -0.05) is 45.0 Å². The van der Waals surface area contributed by atoms with Gasteiger partial charge in [-0.25, -0.2) is 8.42 Å². The molecule has 4 rings (SSSR count). The largest absolute Gasteiger partial charge is 0.530 e. The molecular weight excluding hydrogens is 654 g/mol. The van der Waals surface area contributed by atoms with E-state index in [0.29, 0.717) is 51.5 Å². The number of halogens is 6. The molecule has 1 unspecified atom stereocenters. The second kappa shape index (κ2) is 13.6. The molecule has 0 saturated carbocycles. The van der Waals surface area contributed by atoms with E-state index in [0.717, 1.165) is 28.8 Å². The Hall–Kier alpha value is -3.37. The fraction of sp³-hybridized carbons (Fsp3) is 0.548. The van der Waals surface area contributed by atoms with Gasteiger partial charge < -0.3 is 20.1 Å². The molecule has 0 bridgehead atoms. The number of amides is 2. The summed E-state index contributed by atoms with van der Waals surface area (Å²) in [5.74, 6) is -1.08. The summed E-state index contributed by atoms with van der Waals surface area (Å²) in [5, 5.41) is 14.2. The maximum absolute atomic E-state index is 13.9. The van der Waals surface area contributed by atoms with Crippen LogP contribution in [-0.4, -0.2) is 68.1 Å². The van der Waals surface area contributed by atoms with Crippen LogP contribution in [0.15, 0.2) is 47.4 Å². The number of hydrogen-bond acceptors (Lipinski definition) is 6. The molecule has 2 N–H and O–H groups in total. The predicted octanol–water partition coefficient (Wildman–Crippen LogP) is 4.37. The van der Waals surface area contributed by atoms with Crippen molar-refractivity contribution < 1.29 is 49.5 Å². The van der Waals surface area contributed by atoms with Crippen LogP contribution < -0.4 is 15.1 Å². The van der Waals surface area contributed by atoms with E-state index in [-0.39, 0.29) is 17.5 Å². The number of piperazine rings is 1. The van der Waals surface area contributed by atoms with Crippen molar-refractivity contribution in [3.63, 3.8) is 0 Å². The fourth-order valence-electron chi connectivity index (χ4n) is 6.07. The molecule has 2 amide bonds. The third-order valence-electron chi connectivity index (χ3n) is 8.52. The number of carbonyl (C=O) groups excluding carboxylic acids is 2. The van der Waals surface area contributed by atoms with E-state index in [1.807, 2.05) is 32.9 Å². The minimum Gasteiger partial charge on any atom is -0.530 e. The van der Waals surface area contributed by atoms with Crippen LogP contribution in [0.1, 0.15) is 68.3 Å². The molecule has 2 aromatic carbocycles. The third-order valence-corrected chi connectivity index (χ3v) is 9.98. The van der Waals surface area contributed by atoms with Crippen molar-refractivity contribution >= 4 is 22.0 Å². The number of benzene rings is 2. The highest BCUT2D eigenvalue weighted by atomic mass is 32.2. The molecule has 1 heterocycles. The smallest absolute Gasteiger partial charge is 0.416 e. The monoisotopic (exact) mass is 691 g/mol. The van der Waals surface area contributed by atoms with E-state index in [9.17, 15) is 49.5 Å². The zero-order valence-electron chi connectivity index (χ0n) is 26.0. The van der Waals surface area contributed by atoms with Gasteiger partial charge in [0, 0.05) is 32.2 Å². The van der Waals surface area contributed by atoms with E-state index in [1.54, 1.807) is 6.07 Å². The Morgan fingerprint density at radius 2 is 1.72 bits per heavy atom. The van der Waals surface area contributed by atoms with Crippen molar-refractivity contribution in [2.75, 3.05) is 19.6 Å². The SMILES string of the molecule is CC(C)(C)C1CN(Cc2ccc3c(c2)CCC[C@H]3NC(=O)C[C@@H](NS(=O)(=O)c2cccc(C(F)(F)F)c2)C(F)(F)F)CCN1C(=O)[O-]. The van der Waals surface area contributed by atoms with Gasteiger partial charge in [-0.05, 0) is 59.6 Å². The van der Waals surface area contributed by atoms with Gasteiger partial charge in [0.15, 0.2) is 0 Å². The minimum absolute atomic E-state index is 0.222. The molecule has 2 aromatic rings. The summed E-state index contributed by atoms with van der Waals surface area (Å²) in [6.07, 6.45) is -10.9. The highest BCUT2D eigenvalue weighted by molar-refractivity contribution is 7.89. The first-order chi connectivity index (χ1) is 21.6. The molecule has 1 saturated heterocycles. The molecule has 0 radical (unpaired) electrons. The molecule has 47 heavy (non-hydrogen) atoms. The molecule has 260 valence electrons. The van der Waals surface area contributed by atoms with Crippen molar-refractivity contribution in [2.24, 2.45) is 5.41 Å². The minimum atomic E-state index is -5.22. The number of carboxylic acid groups (broad SMARTS) is 1. The summed E-state index contributed by atoms with van der Waals surface area (Å²) in [6, 6.07) is 4.12. The third kappa shape index (κ3) is 9.16. The Morgan fingerprint density at radius 1 is 1.02 bits per heavy atom. The number of alkyl halides is 6. The van der Waals surface area contributed by atoms with Crippen LogP contribution in [0.2, 0.25) is 0 Å². The second-order valence-electron chi connectivity index (χ2n) is 13.1. The standard InChI is InChI=1S/C31H38F6N4O5S/c1-29(2,3)26-18-40(12-13-41(26)28(43)44)17-19-10-11-23-20(14-19)6-4-9-24(23)38-27(42)16-25(31(35,36)37)39-47(45,46)22-8-5-7-21(15-22)30(32,33)34/h5,7-8,10-11,14-15,24-26,39H,4,6,9,12-13,16-18H2,1-3H3,(H,38,42)(H,43,44)/p-1/t24-,25-,26?/m1/s1. The molecular formula is C31H37F6N4O5S-. The lowest BCUT2D eigenvalue weighted by Gasteiger charge is -2.48. The lowest BCUT2D eigenvalue weighted by molar-refractivity contribution is -0.272. The van der Waals surface area contributed by atoms with Gasteiger partial charge in [0.25, 0.3) is 0 Å². The summed E-state index contributed by atoms with van der Waals surface area (Å²) < 4.78 is 107. The maximum atomic E-state index is 13.9. The number of rotatable bonds is 8. The highest BCUT2D eigenvalue weighted by Gasteiger charge is 2.44. The Morgan fingerprint density at radius 3 is 2.34 bits per heavy atom. The van der Waals surface area contributed by atoms with E-state index in [4.69, 9.17) is 0 Å². The number of aryl methyl sites for hydroxylation is 1. The molecule has 3 atom stereocenters. The van der Waals surface area contributed by atoms with Crippen LogP contribution in [0.3, 0.4) is 0 Å². The first-order valence-electron chi connectivity index (χ1n) is 15.0. The summed E-state index contributed by atoms with van der Waals surface area (Å²) in [6.45, 7) is 7.75. The average molecular weight is 692 g/mol. The Kier molecular flexibility index (Phi) is 10.6. The normalized spacial score (nSPS) is 20.4. The Labute approximate surface area is 269 Å². The Bertz CT molecular complexity index is 1580. The van der Waals surface area contributed by atoms with Crippen LogP contribution in [0, 0.1) is 5.41 Å². The number of sulfonamides is 1. The summed E-state index contributed by atoms with van der Waals surface area (Å²) >= 11 is 0. The van der Waals surface area contributed by atoms with Gasteiger partial charge in [-0.2, -0.15) is 31.1 Å². The molecule has 16 heteroatoms.